The fourth-order valence-corrected chi connectivity index (χ4v) is 2.91. The molecule has 0 bridgehead atoms. The van der Waals surface area contributed by atoms with Crippen molar-refractivity contribution in [2.24, 2.45) is 5.41 Å². The second-order valence-electron chi connectivity index (χ2n) is 5.90. The molecular weight excluding hydrogens is 244 g/mol. The smallest absolute Gasteiger partial charge is 0.0992 e. The number of hydrogen-bond donors (Lipinski definition) is 0. The fraction of sp³-hybridized carbons (Fsp3) is 0.533. The van der Waals surface area contributed by atoms with Gasteiger partial charge in [-0.3, -0.25) is 4.90 Å². The molecule has 2 rings (SSSR count). The number of nitrogens with zero attached hydrogens (tertiary/aromatic N) is 2. The Labute approximate surface area is 114 Å². The van der Waals surface area contributed by atoms with E-state index in [9.17, 15) is 0 Å². The predicted octanol–water partition coefficient (Wildman–Crippen LogP) is 3.83. The first-order valence-corrected chi connectivity index (χ1v) is 6.79. The molecule has 96 valence electrons. The van der Waals surface area contributed by atoms with Crippen molar-refractivity contribution in [1.82, 2.24) is 4.90 Å². The first-order chi connectivity index (χ1) is 8.50. The normalized spacial score (nSPS) is 19.4. The molecule has 1 aromatic carbocycles. The first kappa shape index (κ1) is 13.4. The van der Waals surface area contributed by atoms with Crippen LogP contribution >= 0.6 is 11.6 Å². The predicted molar refractivity (Wildman–Crippen MR) is 74.5 cm³/mol. The topological polar surface area (TPSA) is 27.0 Å². The third-order valence-corrected chi connectivity index (χ3v) is 3.91. The lowest BCUT2D eigenvalue weighted by Gasteiger charge is -2.38. The van der Waals surface area contributed by atoms with Crippen molar-refractivity contribution in [1.29, 1.82) is 5.26 Å². The summed E-state index contributed by atoms with van der Waals surface area (Å²) >= 11 is 6.22. The van der Waals surface area contributed by atoms with E-state index in [1.165, 1.54) is 12.8 Å². The van der Waals surface area contributed by atoms with Crippen LogP contribution in [0.2, 0.25) is 5.02 Å². The van der Waals surface area contributed by atoms with Crippen molar-refractivity contribution >= 4 is 11.6 Å². The van der Waals surface area contributed by atoms with Crippen LogP contribution < -0.4 is 0 Å². The molecule has 0 saturated carbocycles. The molecule has 0 aliphatic carbocycles. The molecule has 1 heterocycles. The summed E-state index contributed by atoms with van der Waals surface area (Å²) in [6.45, 7) is 7.77. The van der Waals surface area contributed by atoms with Crippen molar-refractivity contribution < 1.29 is 0 Å². The third-order valence-electron chi connectivity index (χ3n) is 3.56. The van der Waals surface area contributed by atoms with Crippen LogP contribution in [0.25, 0.3) is 0 Å². The highest BCUT2D eigenvalue weighted by Crippen LogP contribution is 2.30. The fourth-order valence-electron chi connectivity index (χ4n) is 2.67. The third kappa shape index (κ3) is 3.25. The summed E-state index contributed by atoms with van der Waals surface area (Å²) in [5.41, 5.74) is 2.15. The van der Waals surface area contributed by atoms with Gasteiger partial charge in [0.2, 0.25) is 0 Å². The molecule has 0 aromatic heterocycles. The van der Waals surface area contributed by atoms with Crippen molar-refractivity contribution in [3.05, 3.63) is 34.3 Å². The number of nitriles is 1. The second-order valence-corrected chi connectivity index (χ2v) is 6.30. The average molecular weight is 263 g/mol. The minimum Gasteiger partial charge on any atom is -0.298 e. The standard InChI is InChI=1S/C15H19ClN2/c1-15(2)6-3-7-18(11-15)10-13-5-4-12(9-17)8-14(13)16/h4-5,8H,3,6-7,10-11H2,1-2H3. The summed E-state index contributed by atoms with van der Waals surface area (Å²) in [6.07, 6.45) is 2.55. The summed E-state index contributed by atoms with van der Waals surface area (Å²) in [5, 5.41) is 9.53. The lowest BCUT2D eigenvalue weighted by Crippen LogP contribution is -2.39. The van der Waals surface area contributed by atoms with E-state index in [0.717, 1.165) is 25.2 Å². The zero-order valence-electron chi connectivity index (χ0n) is 11.0. The van der Waals surface area contributed by atoms with Gasteiger partial charge < -0.3 is 0 Å². The molecular formula is C15H19ClN2. The molecule has 3 heteroatoms. The largest absolute Gasteiger partial charge is 0.298 e. The number of rotatable bonds is 2. The van der Waals surface area contributed by atoms with E-state index in [1.54, 1.807) is 6.07 Å². The number of likely N-dealkylation sites (tertiary alicyclic amines) is 1. The van der Waals surface area contributed by atoms with Crippen LogP contribution in [-0.4, -0.2) is 18.0 Å². The molecule has 1 aliphatic rings. The minimum atomic E-state index is 0.400. The van der Waals surface area contributed by atoms with Gasteiger partial charge in [-0.05, 0) is 42.5 Å². The molecule has 0 spiro atoms. The average Bonchev–Trinajstić information content (AvgIpc) is 2.30. The van der Waals surface area contributed by atoms with Gasteiger partial charge in [0.1, 0.15) is 0 Å². The van der Waals surface area contributed by atoms with Crippen LogP contribution in [0.15, 0.2) is 18.2 Å². The van der Waals surface area contributed by atoms with Crippen molar-refractivity contribution in [3.63, 3.8) is 0 Å². The van der Waals surface area contributed by atoms with E-state index in [4.69, 9.17) is 16.9 Å². The van der Waals surface area contributed by atoms with Gasteiger partial charge in [0.15, 0.2) is 0 Å². The molecule has 2 nitrogen and oxygen atoms in total. The Morgan fingerprint density at radius 2 is 2.22 bits per heavy atom. The zero-order chi connectivity index (χ0) is 13.2. The van der Waals surface area contributed by atoms with Crippen LogP contribution in [0.4, 0.5) is 0 Å². The minimum absolute atomic E-state index is 0.400. The van der Waals surface area contributed by atoms with Crippen molar-refractivity contribution in [2.75, 3.05) is 13.1 Å². The van der Waals surface area contributed by atoms with E-state index in [2.05, 4.69) is 24.8 Å². The Kier molecular flexibility index (Phi) is 3.94. The van der Waals surface area contributed by atoms with Gasteiger partial charge in [-0.1, -0.05) is 31.5 Å². The SMILES string of the molecule is CC1(C)CCCN(Cc2ccc(C#N)cc2Cl)C1. The summed E-state index contributed by atoms with van der Waals surface area (Å²) in [6, 6.07) is 7.69. The zero-order valence-corrected chi connectivity index (χ0v) is 11.8. The molecule has 1 aromatic rings. The maximum atomic E-state index is 8.82. The highest BCUT2D eigenvalue weighted by atomic mass is 35.5. The lowest BCUT2D eigenvalue weighted by molar-refractivity contribution is 0.112. The van der Waals surface area contributed by atoms with Crippen LogP contribution in [-0.2, 0) is 6.54 Å². The van der Waals surface area contributed by atoms with Crippen LogP contribution in [0.5, 0.6) is 0 Å². The Hall–Kier alpha value is -1.04. The van der Waals surface area contributed by atoms with E-state index in [-0.39, 0.29) is 0 Å². The quantitative estimate of drug-likeness (QED) is 0.810. The van der Waals surface area contributed by atoms with E-state index >= 15 is 0 Å². The van der Waals surface area contributed by atoms with Crippen LogP contribution in [0.1, 0.15) is 37.8 Å². The summed E-state index contributed by atoms with van der Waals surface area (Å²) in [5.74, 6) is 0. The molecule has 0 unspecified atom stereocenters. The van der Waals surface area contributed by atoms with Gasteiger partial charge in [0.25, 0.3) is 0 Å². The van der Waals surface area contributed by atoms with Gasteiger partial charge in [-0.25, -0.2) is 0 Å². The Morgan fingerprint density at radius 3 is 2.83 bits per heavy atom. The van der Waals surface area contributed by atoms with Gasteiger partial charge >= 0.3 is 0 Å². The highest BCUT2D eigenvalue weighted by molar-refractivity contribution is 6.31. The summed E-state index contributed by atoms with van der Waals surface area (Å²) in [7, 11) is 0. The van der Waals surface area contributed by atoms with Crippen LogP contribution in [0.3, 0.4) is 0 Å². The van der Waals surface area contributed by atoms with Crippen molar-refractivity contribution in [3.8, 4) is 6.07 Å². The van der Waals surface area contributed by atoms with Crippen molar-refractivity contribution in [2.45, 2.75) is 33.2 Å². The summed E-state index contributed by atoms with van der Waals surface area (Å²) in [4.78, 5) is 2.46. The highest BCUT2D eigenvalue weighted by Gasteiger charge is 2.26. The lowest BCUT2D eigenvalue weighted by atomic mass is 9.84. The number of benzene rings is 1. The Bertz CT molecular complexity index is 474. The van der Waals surface area contributed by atoms with Gasteiger partial charge in [0, 0.05) is 18.1 Å². The second kappa shape index (κ2) is 5.30. The molecule has 1 saturated heterocycles. The van der Waals surface area contributed by atoms with Crippen LogP contribution in [0, 0.1) is 16.7 Å². The molecule has 0 amide bonds. The molecule has 0 N–H and O–H groups in total. The molecule has 1 fully saturated rings. The van der Waals surface area contributed by atoms with E-state index in [1.807, 2.05) is 12.1 Å². The molecule has 18 heavy (non-hydrogen) atoms. The number of piperidine rings is 1. The van der Waals surface area contributed by atoms with Gasteiger partial charge in [0.05, 0.1) is 11.6 Å². The monoisotopic (exact) mass is 262 g/mol. The maximum Gasteiger partial charge on any atom is 0.0992 e. The Morgan fingerprint density at radius 1 is 1.44 bits per heavy atom. The molecule has 1 aliphatic heterocycles. The first-order valence-electron chi connectivity index (χ1n) is 6.41. The number of hydrogen-bond acceptors (Lipinski definition) is 2. The maximum absolute atomic E-state index is 8.82. The van der Waals surface area contributed by atoms with Gasteiger partial charge in [-0.15, -0.1) is 0 Å². The number of halogens is 1. The molecule has 0 atom stereocenters. The van der Waals surface area contributed by atoms with E-state index in [0.29, 0.717) is 16.0 Å². The molecule has 0 radical (unpaired) electrons. The Balaban J connectivity index is 2.08. The van der Waals surface area contributed by atoms with Gasteiger partial charge in [-0.2, -0.15) is 5.26 Å². The van der Waals surface area contributed by atoms with E-state index < -0.39 is 0 Å². The summed E-state index contributed by atoms with van der Waals surface area (Å²) < 4.78 is 0.